The summed E-state index contributed by atoms with van der Waals surface area (Å²) in [6.07, 6.45) is 1.52. The van der Waals surface area contributed by atoms with Gasteiger partial charge in [0.2, 0.25) is 0 Å². The molecule has 5 nitrogen and oxygen atoms in total. The molecule has 0 radical (unpaired) electrons. The molecule has 0 bridgehead atoms. The van der Waals surface area contributed by atoms with E-state index in [9.17, 15) is 9.59 Å². The van der Waals surface area contributed by atoms with Crippen LogP contribution in [0.3, 0.4) is 0 Å². The first-order chi connectivity index (χ1) is 9.61. The molecule has 3 amide bonds. The molecule has 2 aromatic rings. The van der Waals surface area contributed by atoms with Crippen LogP contribution in [0, 0.1) is 0 Å². The van der Waals surface area contributed by atoms with Gasteiger partial charge in [0, 0.05) is 20.3 Å². The molecule has 0 unspecified atom stereocenters. The number of hydrogen-bond acceptors (Lipinski definition) is 3. The molecule has 1 heterocycles. The SMILES string of the molecule is CN(C)C(=O)N(C(=O)c1ccccn1)c1ccccc1. The lowest BCUT2D eigenvalue weighted by atomic mass is 10.2. The van der Waals surface area contributed by atoms with Crippen molar-refractivity contribution in [2.75, 3.05) is 19.0 Å². The third kappa shape index (κ3) is 2.83. The zero-order valence-electron chi connectivity index (χ0n) is 11.4. The van der Waals surface area contributed by atoms with Crippen LogP contribution in [-0.4, -0.2) is 35.9 Å². The number of carbonyl (C=O) groups is 2. The minimum absolute atomic E-state index is 0.228. The number of para-hydroxylation sites is 1. The van der Waals surface area contributed by atoms with Crippen LogP contribution in [0.5, 0.6) is 0 Å². The fraction of sp³-hybridized carbons (Fsp3) is 0.133. The topological polar surface area (TPSA) is 53.5 Å². The molecular formula is C15H15N3O2. The van der Waals surface area contributed by atoms with Gasteiger partial charge in [-0.3, -0.25) is 9.78 Å². The lowest BCUT2D eigenvalue weighted by Crippen LogP contribution is -2.43. The number of hydrogen-bond donors (Lipinski definition) is 0. The smallest absolute Gasteiger partial charge is 0.330 e. The quantitative estimate of drug-likeness (QED) is 0.841. The second-order valence-corrected chi connectivity index (χ2v) is 4.37. The van der Waals surface area contributed by atoms with E-state index in [1.54, 1.807) is 56.6 Å². The Morgan fingerprint density at radius 1 is 0.950 bits per heavy atom. The van der Waals surface area contributed by atoms with Crippen LogP contribution in [0.2, 0.25) is 0 Å². The van der Waals surface area contributed by atoms with Gasteiger partial charge >= 0.3 is 6.03 Å². The number of anilines is 1. The van der Waals surface area contributed by atoms with E-state index in [1.807, 2.05) is 6.07 Å². The summed E-state index contributed by atoms with van der Waals surface area (Å²) in [7, 11) is 3.20. The Kier molecular flexibility index (Phi) is 4.10. The van der Waals surface area contributed by atoms with Crippen molar-refractivity contribution in [3.8, 4) is 0 Å². The lowest BCUT2D eigenvalue weighted by molar-refractivity contribution is 0.0984. The van der Waals surface area contributed by atoms with Crippen LogP contribution >= 0.6 is 0 Å². The lowest BCUT2D eigenvalue weighted by Gasteiger charge is -2.24. The normalized spacial score (nSPS) is 9.90. The first kappa shape index (κ1) is 13.7. The summed E-state index contributed by atoms with van der Waals surface area (Å²) < 4.78 is 0. The summed E-state index contributed by atoms with van der Waals surface area (Å²) in [5, 5.41) is 0. The monoisotopic (exact) mass is 269 g/mol. The minimum atomic E-state index is -0.449. The molecule has 0 aliphatic heterocycles. The molecule has 102 valence electrons. The van der Waals surface area contributed by atoms with Crippen LogP contribution in [0.4, 0.5) is 10.5 Å². The number of carbonyl (C=O) groups excluding carboxylic acids is 2. The van der Waals surface area contributed by atoms with Gasteiger partial charge in [-0.15, -0.1) is 0 Å². The van der Waals surface area contributed by atoms with Gasteiger partial charge in [0.25, 0.3) is 5.91 Å². The van der Waals surface area contributed by atoms with Gasteiger partial charge in [0.15, 0.2) is 0 Å². The Hall–Kier alpha value is -2.69. The van der Waals surface area contributed by atoms with Crippen LogP contribution in [0.15, 0.2) is 54.7 Å². The molecule has 2 rings (SSSR count). The number of benzene rings is 1. The predicted octanol–water partition coefficient (Wildman–Crippen LogP) is 2.41. The van der Waals surface area contributed by atoms with Crippen LogP contribution < -0.4 is 4.90 Å². The minimum Gasteiger partial charge on any atom is -0.330 e. The Morgan fingerprint density at radius 2 is 1.60 bits per heavy atom. The maximum atomic E-state index is 12.5. The second kappa shape index (κ2) is 5.97. The molecule has 0 atom stereocenters. The summed E-state index contributed by atoms with van der Waals surface area (Å²) in [6, 6.07) is 13.4. The van der Waals surface area contributed by atoms with Gasteiger partial charge in [-0.05, 0) is 24.3 Å². The number of nitrogens with zero attached hydrogens (tertiary/aromatic N) is 3. The first-order valence-corrected chi connectivity index (χ1v) is 6.13. The van der Waals surface area contributed by atoms with Crippen molar-refractivity contribution in [3.05, 3.63) is 60.4 Å². The highest BCUT2D eigenvalue weighted by Crippen LogP contribution is 2.17. The number of amides is 3. The highest BCUT2D eigenvalue weighted by atomic mass is 16.2. The molecule has 0 aliphatic rings. The highest BCUT2D eigenvalue weighted by molar-refractivity contribution is 6.19. The van der Waals surface area contributed by atoms with Crippen molar-refractivity contribution in [1.82, 2.24) is 9.88 Å². The standard InChI is InChI=1S/C15H15N3O2/c1-17(2)15(20)18(12-8-4-3-5-9-12)14(19)13-10-6-7-11-16-13/h3-11H,1-2H3. The van der Waals surface area contributed by atoms with E-state index in [4.69, 9.17) is 0 Å². The van der Waals surface area contributed by atoms with Crippen LogP contribution in [-0.2, 0) is 0 Å². The van der Waals surface area contributed by atoms with E-state index in [0.717, 1.165) is 4.90 Å². The zero-order chi connectivity index (χ0) is 14.5. The molecule has 20 heavy (non-hydrogen) atoms. The number of aromatic nitrogens is 1. The van der Waals surface area contributed by atoms with E-state index >= 15 is 0 Å². The summed E-state index contributed by atoms with van der Waals surface area (Å²) in [5.41, 5.74) is 0.744. The number of imide groups is 1. The summed E-state index contributed by atoms with van der Waals surface area (Å²) in [6.45, 7) is 0. The van der Waals surface area contributed by atoms with E-state index < -0.39 is 11.9 Å². The first-order valence-electron chi connectivity index (χ1n) is 6.13. The average molecular weight is 269 g/mol. The van der Waals surface area contributed by atoms with Gasteiger partial charge in [0.05, 0.1) is 5.69 Å². The molecule has 1 aromatic carbocycles. The molecule has 0 aliphatic carbocycles. The molecule has 0 fully saturated rings. The molecular weight excluding hydrogens is 254 g/mol. The maximum Gasteiger partial charge on any atom is 0.331 e. The Bertz CT molecular complexity index is 597. The van der Waals surface area contributed by atoms with Crippen molar-refractivity contribution >= 4 is 17.6 Å². The van der Waals surface area contributed by atoms with Crippen molar-refractivity contribution in [3.63, 3.8) is 0 Å². The molecule has 5 heteroatoms. The van der Waals surface area contributed by atoms with Crippen LogP contribution in [0.1, 0.15) is 10.5 Å². The molecule has 0 saturated carbocycles. The third-order valence-corrected chi connectivity index (χ3v) is 2.68. The summed E-state index contributed by atoms with van der Waals surface area (Å²) >= 11 is 0. The van der Waals surface area contributed by atoms with Crippen molar-refractivity contribution in [2.24, 2.45) is 0 Å². The zero-order valence-corrected chi connectivity index (χ0v) is 11.4. The van der Waals surface area contributed by atoms with Gasteiger partial charge in [-0.2, -0.15) is 0 Å². The van der Waals surface area contributed by atoms with Gasteiger partial charge in [0.1, 0.15) is 5.69 Å². The largest absolute Gasteiger partial charge is 0.331 e. The Labute approximate surface area is 117 Å². The number of urea groups is 1. The molecule has 0 spiro atoms. The Morgan fingerprint density at radius 3 is 2.15 bits per heavy atom. The third-order valence-electron chi connectivity index (χ3n) is 2.68. The molecule has 1 aromatic heterocycles. The van der Waals surface area contributed by atoms with Crippen molar-refractivity contribution in [1.29, 1.82) is 0 Å². The predicted molar refractivity (Wildman–Crippen MR) is 76.6 cm³/mol. The fourth-order valence-electron chi connectivity index (χ4n) is 1.70. The number of pyridine rings is 1. The molecule has 0 N–H and O–H groups in total. The van der Waals surface area contributed by atoms with Crippen LogP contribution in [0.25, 0.3) is 0 Å². The highest BCUT2D eigenvalue weighted by Gasteiger charge is 2.26. The van der Waals surface area contributed by atoms with Gasteiger partial charge in [-0.1, -0.05) is 24.3 Å². The Balaban J connectivity index is 2.43. The number of rotatable bonds is 2. The summed E-state index contributed by atoms with van der Waals surface area (Å²) in [4.78, 5) is 31.2. The van der Waals surface area contributed by atoms with Crippen molar-refractivity contribution in [2.45, 2.75) is 0 Å². The molecule has 0 saturated heterocycles. The summed E-state index contributed by atoms with van der Waals surface area (Å²) in [5.74, 6) is -0.449. The fourth-order valence-corrected chi connectivity index (χ4v) is 1.70. The second-order valence-electron chi connectivity index (χ2n) is 4.37. The van der Waals surface area contributed by atoms with E-state index in [0.29, 0.717) is 5.69 Å². The van der Waals surface area contributed by atoms with E-state index in [-0.39, 0.29) is 5.69 Å². The van der Waals surface area contributed by atoms with E-state index in [2.05, 4.69) is 4.98 Å². The maximum absolute atomic E-state index is 12.5. The van der Waals surface area contributed by atoms with Gasteiger partial charge < -0.3 is 4.90 Å². The van der Waals surface area contributed by atoms with E-state index in [1.165, 1.54) is 11.1 Å². The average Bonchev–Trinajstić information content (AvgIpc) is 2.49. The van der Waals surface area contributed by atoms with Gasteiger partial charge in [-0.25, -0.2) is 9.69 Å². The van der Waals surface area contributed by atoms with Crippen molar-refractivity contribution < 1.29 is 9.59 Å².